The first-order valence-electron chi connectivity index (χ1n) is 6.71. The van der Waals surface area contributed by atoms with Gasteiger partial charge in [-0.15, -0.1) is 10.2 Å². The Balaban J connectivity index is 1.67. The number of rotatable bonds is 5. The molecule has 0 fully saturated rings. The maximum atomic E-state index is 5.81. The van der Waals surface area contributed by atoms with Gasteiger partial charge < -0.3 is 14.6 Å². The highest BCUT2D eigenvalue weighted by Gasteiger charge is 2.02. The molecular weight excluding hydrogens is 264 g/mol. The monoisotopic (exact) mass is 280 g/mol. The van der Waals surface area contributed by atoms with Crippen LogP contribution in [0.15, 0.2) is 60.9 Å². The second-order valence-corrected chi connectivity index (χ2v) is 4.65. The molecule has 3 rings (SSSR count). The van der Waals surface area contributed by atoms with Crippen molar-refractivity contribution < 1.29 is 4.74 Å². The predicted molar refractivity (Wildman–Crippen MR) is 81.3 cm³/mol. The molecule has 0 atom stereocenters. The Hall–Kier alpha value is -2.82. The highest BCUT2D eigenvalue weighted by molar-refractivity contribution is 5.49. The quantitative estimate of drug-likeness (QED) is 0.779. The van der Waals surface area contributed by atoms with E-state index in [0.29, 0.717) is 6.54 Å². The van der Waals surface area contributed by atoms with Gasteiger partial charge in [0.15, 0.2) is 5.82 Å². The fraction of sp³-hybridized carbons (Fsp3) is 0.125. The second-order valence-electron chi connectivity index (χ2n) is 4.65. The van der Waals surface area contributed by atoms with E-state index in [1.807, 2.05) is 66.2 Å². The Morgan fingerprint density at radius 3 is 2.62 bits per heavy atom. The summed E-state index contributed by atoms with van der Waals surface area (Å²) < 4.78 is 7.69. The van der Waals surface area contributed by atoms with Crippen LogP contribution in [0.4, 0.5) is 5.69 Å². The third-order valence-electron chi connectivity index (χ3n) is 3.07. The van der Waals surface area contributed by atoms with Gasteiger partial charge >= 0.3 is 0 Å². The van der Waals surface area contributed by atoms with Crippen molar-refractivity contribution in [3.63, 3.8) is 0 Å². The van der Waals surface area contributed by atoms with Gasteiger partial charge in [0, 0.05) is 18.8 Å². The SMILES string of the molecule is Cn1cnnc1CNc1cccc(Oc2ccccc2)c1. The van der Waals surface area contributed by atoms with Crippen molar-refractivity contribution in [2.75, 3.05) is 5.32 Å². The van der Waals surface area contributed by atoms with Crippen molar-refractivity contribution in [2.45, 2.75) is 6.54 Å². The highest BCUT2D eigenvalue weighted by Crippen LogP contribution is 2.23. The summed E-state index contributed by atoms with van der Waals surface area (Å²) in [6.45, 7) is 0.616. The molecule has 1 N–H and O–H groups in total. The third-order valence-corrected chi connectivity index (χ3v) is 3.07. The Morgan fingerprint density at radius 2 is 1.86 bits per heavy atom. The second kappa shape index (κ2) is 6.09. The standard InChI is InChI=1S/C16H16N4O/c1-20-12-18-19-16(20)11-17-13-6-5-9-15(10-13)21-14-7-3-2-4-8-14/h2-10,12,17H,11H2,1H3. The van der Waals surface area contributed by atoms with Gasteiger partial charge in [-0.3, -0.25) is 0 Å². The van der Waals surface area contributed by atoms with Crippen LogP contribution >= 0.6 is 0 Å². The van der Waals surface area contributed by atoms with E-state index in [1.54, 1.807) is 6.33 Å². The molecule has 0 saturated heterocycles. The van der Waals surface area contributed by atoms with Crippen LogP contribution in [0.5, 0.6) is 11.5 Å². The van der Waals surface area contributed by atoms with Gasteiger partial charge in [0.2, 0.25) is 0 Å². The number of aryl methyl sites for hydroxylation is 1. The lowest BCUT2D eigenvalue weighted by Gasteiger charge is -2.09. The van der Waals surface area contributed by atoms with Crippen LogP contribution in [0.25, 0.3) is 0 Å². The Kier molecular flexibility index (Phi) is 3.82. The average Bonchev–Trinajstić information content (AvgIpc) is 2.92. The van der Waals surface area contributed by atoms with E-state index in [1.165, 1.54) is 0 Å². The Labute approximate surface area is 123 Å². The first kappa shape index (κ1) is 13.2. The van der Waals surface area contributed by atoms with Crippen molar-refractivity contribution >= 4 is 5.69 Å². The molecule has 5 nitrogen and oxygen atoms in total. The van der Waals surface area contributed by atoms with E-state index >= 15 is 0 Å². The molecular formula is C16H16N4O. The number of benzene rings is 2. The van der Waals surface area contributed by atoms with E-state index in [4.69, 9.17) is 4.74 Å². The minimum Gasteiger partial charge on any atom is -0.457 e. The molecule has 0 aliphatic heterocycles. The number of nitrogens with one attached hydrogen (secondary N) is 1. The van der Waals surface area contributed by atoms with Crippen molar-refractivity contribution in [1.29, 1.82) is 0 Å². The zero-order valence-electron chi connectivity index (χ0n) is 11.7. The molecule has 0 aliphatic rings. The lowest BCUT2D eigenvalue weighted by molar-refractivity contribution is 0.483. The maximum Gasteiger partial charge on any atom is 0.151 e. The van der Waals surface area contributed by atoms with Gasteiger partial charge in [0.25, 0.3) is 0 Å². The maximum absolute atomic E-state index is 5.81. The summed E-state index contributed by atoms with van der Waals surface area (Å²) in [6, 6.07) is 17.6. The van der Waals surface area contributed by atoms with Crippen LogP contribution in [0, 0.1) is 0 Å². The van der Waals surface area contributed by atoms with Gasteiger partial charge in [0.1, 0.15) is 17.8 Å². The molecule has 2 aromatic carbocycles. The molecule has 0 radical (unpaired) electrons. The van der Waals surface area contributed by atoms with E-state index in [2.05, 4.69) is 15.5 Å². The lowest BCUT2D eigenvalue weighted by atomic mass is 10.3. The molecule has 0 saturated carbocycles. The Bertz CT molecular complexity index is 709. The number of ether oxygens (including phenoxy) is 1. The zero-order chi connectivity index (χ0) is 14.5. The molecule has 3 aromatic rings. The summed E-state index contributed by atoms with van der Waals surface area (Å²) in [5.74, 6) is 2.50. The van der Waals surface area contributed by atoms with E-state index in [-0.39, 0.29) is 0 Å². The number of hydrogen-bond donors (Lipinski definition) is 1. The first-order valence-corrected chi connectivity index (χ1v) is 6.71. The molecule has 0 aliphatic carbocycles. The summed E-state index contributed by atoms with van der Waals surface area (Å²) in [6.07, 6.45) is 1.69. The summed E-state index contributed by atoms with van der Waals surface area (Å²) in [5, 5.41) is 11.2. The van der Waals surface area contributed by atoms with Crippen molar-refractivity contribution in [1.82, 2.24) is 14.8 Å². The van der Waals surface area contributed by atoms with Gasteiger partial charge in [-0.2, -0.15) is 0 Å². The minimum absolute atomic E-state index is 0.616. The molecule has 1 heterocycles. The molecule has 5 heteroatoms. The van der Waals surface area contributed by atoms with Gasteiger partial charge in [-0.25, -0.2) is 0 Å². The summed E-state index contributed by atoms with van der Waals surface area (Å²) >= 11 is 0. The summed E-state index contributed by atoms with van der Waals surface area (Å²) in [4.78, 5) is 0. The molecule has 0 bridgehead atoms. The van der Waals surface area contributed by atoms with Gasteiger partial charge in [-0.1, -0.05) is 24.3 Å². The minimum atomic E-state index is 0.616. The molecule has 1 aromatic heterocycles. The van der Waals surface area contributed by atoms with Gasteiger partial charge in [-0.05, 0) is 24.3 Å². The largest absolute Gasteiger partial charge is 0.457 e. The van der Waals surface area contributed by atoms with Crippen LogP contribution in [0.2, 0.25) is 0 Å². The molecule has 106 valence electrons. The summed E-state index contributed by atoms with van der Waals surface area (Å²) in [7, 11) is 1.92. The van der Waals surface area contributed by atoms with Crippen LogP contribution in [-0.4, -0.2) is 14.8 Å². The number of para-hydroxylation sites is 1. The fourth-order valence-corrected chi connectivity index (χ4v) is 1.94. The normalized spacial score (nSPS) is 10.3. The Morgan fingerprint density at radius 1 is 1.05 bits per heavy atom. The molecule has 0 unspecified atom stereocenters. The third kappa shape index (κ3) is 3.39. The topological polar surface area (TPSA) is 52.0 Å². The van der Waals surface area contributed by atoms with E-state index in [9.17, 15) is 0 Å². The van der Waals surface area contributed by atoms with E-state index < -0.39 is 0 Å². The van der Waals surface area contributed by atoms with Crippen LogP contribution in [0.1, 0.15) is 5.82 Å². The summed E-state index contributed by atoms with van der Waals surface area (Å²) in [5.41, 5.74) is 0.978. The van der Waals surface area contributed by atoms with E-state index in [0.717, 1.165) is 23.0 Å². The van der Waals surface area contributed by atoms with Crippen molar-refractivity contribution in [3.05, 3.63) is 66.7 Å². The average molecular weight is 280 g/mol. The van der Waals surface area contributed by atoms with Crippen molar-refractivity contribution in [2.24, 2.45) is 7.05 Å². The lowest BCUT2D eigenvalue weighted by Crippen LogP contribution is -2.05. The van der Waals surface area contributed by atoms with Crippen LogP contribution in [-0.2, 0) is 13.6 Å². The number of nitrogens with zero attached hydrogens (tertiary/aromatic N) is 3. The van der Waals surface area contributed by atoms with Crippen molar-refractivity contribution in [3.8, 4) is 11.5 Å². The van der Waals surface area contributed by atoms with Crippen LogP contribution in [0.3, 0.4) is 0 Å². The highest BCUT2D eigenvalue weighted by atomic mass is 16.5. The smallest absolute Gasteiger partial charge is 0.151 e. The molecule has 21 heavy (non-hydrogen) atoms. The zero-order valence-corrected chi connectivity index (χ0v) is 11.7. The first-order chi connectivity index (χ1) is 10.3. The number of hydrogen-bond acceptors (Lipinski definition) is 4. The number of anilines is 1. The number of aromatic nitrogens is 3. The van der Waals surface area contributed by atoms with Crippen LogP contribution < -0.4 is 10.1 Å². The molecule has 0 spiro atoms. The van der Waals surface area contributed by atoms with Gasteiger partial charge in [0.05, 0.1) is 6.54 Å². The molecule has 0 amide bonds. The predicted octanol–water partition coefficient (Wildman–Crippen LogP) is 3.22. The fourth-order valence-electron chi connectivity index (χ4n) is 1.94.